The highest BCUT2D eigenvalue weighted by Crippen LogP contribution is 2.24. The van der Waals surface area contributed by atoms with Crippen molar-refractivity contribution in [2.24, 2.45) is 0 Å². The van der Waals surface area contributed by atoms with Gasteiger partial charge in [-0.15, -0.1) is 0 Å². The van der Waals surface area contributed by atoms with E-state index in [0.717, 1.165) is 38.1 Å². The van der Waals surface area contributed by atoms with Crippen LogP contribution in [0.5, 0.6) is 5.75 Å². The average Bonchev–Trinajstić information content (AvgIpc) is 3.30. The summed E-state index contributed by atoms with van der Waals surface area (Å²) in [4.78, 5) is 9.79. The van der Waals surface area contributed by atoms with Gasteiger partial charge in [-0.05, 0) is 69.3 Å². The van der Waals surface area contributed by atoms with Crippen LogP contribution in [0.4, 0.5) is 0 Å². The van der Waals surface area contributed by atoms with Crippen molar-refractivity contribution < 1.29 is 13.2 Å². The van der Waals surface area contributed by atoms with Gasteiger partial charge in [0.2, 0.25) is 0 Å². The first-order valence-corrected chi connectivity index (χ1v) is 13.5. The lowest BCUT2D eigenvalue weighted by Gasteiger charge is -2.36. The van der Waals surface area contributed by atoms with Crippen LogP contribution in [0, 0.1) is 0 Å². The molecule has 1 fully saturated rings. The number of imidazole rings is 1. The van der Waals surface area contributed by atoms with E-state index in [9.17, 15) is 8.42 Å². The maximum atomic E-state index is 13.3. The molecule has 176 valence electrons. The zero-order chi connectivity index (χ0) is 22.4. The van der Waals surface area contributed by atoms with E-state index in [1.165, 1.54) is 37.4 Å². The molecule has 3 heterocycles. The van der Waals surface area contributed by atoms with Gasteiger partial charge in [0.15, 0.2) is 5.03 Å². The predicted molar refractivity (Wildman–Crippen MR) is 125 cm³/mol. The van der Waals surface area contributed by atoms with Crippen LogP contribution >= 0.6 is 0 Å². The molecule has 2 bridgehead atoms. The van der Waals surface area contributed by atoms with E-state index in [2.05, 4.69) is 27.0 Å². The van der Waals surface area contributed by atoms with Crippen molar-refractivity contribution in [2.75, 3.05) is 32.8 Å². The van der Waals surface area contributed by atoms with Crippen LogP contribution in [0.15, 0.2) is 35.5 Å². The number of hydrogen-bond donors (Lipinski definition) is 1. The van der Waals surface area contributed by atoms with Crippen molar-refractivity contribution in [1.82, 2.24) is 19.2 Å². The molecule has 0 spiro atoms. The average molecular weight is 461 g/mol. The largest absolute Gasteiger partial charge is 0.492 e. The van der Waals surface area contributed by atoms with Gasteiger partial charge < -0.3 is 14.6 Å². The lowest BCUT2D eigenvalue weighted by Crippen LogP contribution is -2.40. The number of aryl methyl sites for hydroxylation is 2. The highest BCUT2D eigenvalue weighted by atomic mass is 32.2. The van der Waals surface area contributed by atoms with Crippen molar-refractivity contribution in [1.29, 1.82) is 0 Å². The Morgan fingerprint density at radius 2 is 1.91 bits per heavy atom. The fraction of sp³-hybridized carbons (Fsp3) is 0.625. The Morgan fingerprint density at radius 1 is 1.09 bits per heavy atom. The van der Waals surface area contributed by atoms with E-state index < -0.39 is 10.0 Å². The molecule has 1 saturated heterocycles. The number of nitrogens with zero attached hydrogens (tertiary/aromatic N) is 3. The van der Waals surface area contributed by atoms with Crippen molar-refractivity contribution in [3.05, 3.63) is 41.9 Å². The fourth-order valence-electron chi connectivity index (χ4n) is 4.82. The molecule has 0 amide bonds. The Bertz CT molecular complexity index is 975. The molecule has 1 unspecified atom stereocenters. The second-order valence-corrected chi connectivity index (χ2v) is 10.8. The van der Waals surface area contributed by atoms with Crippen molar-refractivity contribution in [2.45, 2.75) is 69.4 Å². The number of aromatic amines is 1. The Morgan fingerprint density at radius 3 is 2.72 bits per heavy atom. The molecule has 0 aliphatic carbocycles. The monoisotopic (exact) mass is 460 g/mol. The molecule has 1 aromatic carbocycles. The SMILES string of the molecule is CCc1ncc(S(=O)(=O)N2CCCCN3CCCCC3CCc3cccc(c3)OCC2)[nH]1. The molecule has 0 saturated carbocycles. The van der Waals surface area contributed by atoms with Gasteiger partial charge in [0, 0.05) is 25.6 Å². The van der Waals surface area contributed by atoms with Crippen molar-refractivity contribution in [3.63, 3.8) is 0 Å². The Kier molecular flexibility index (Phi) is 7.86. The fourth-order valence-corrected chi connectivity index (χ4v) is 6.21. The third kappa shape index (κ3) is 5.71. The first-order valence-electron chi connectivity index (χ1n) is 12.1. The maximum Gasteiger partial charge on any atom is 0.260 e. The second kappa shape index (κ2) is 10.8. The first-order chi connectivity index (χ1) is 15.6. The van der Waals surface area contributed by atoms with Crippen molar-refractivity contribution >= 4 is 10.0 Å². The zero-order valence-corrected chi connectivity index (χ0v) is 19.9. The molecule has 32 heavy (non-hydrogen) atoms. The van der Waals surface area contributed by atoms with Crippen molar-refractivity contribution in [3.8, 4) is 5.75 Å². The van der Waals surface area contributed by atoms with E-state index in [0.29, 0.717) is 38.0 Å². The third-order valence-electron chi connectivity index (χ3n) is 6.68. The summed E-state index contributed by atoms with van der Waals surface area (Å²) >= 11 is 0. The van der Waals surface area contributed by atoms with Gasteiger partial charge in [-0.2, -0.15) is 4.31 Å². The number of rotatable bonds is 3. The molecule has 1 N–H and O–H groups in total. The number of benzene rings is 1. The molecule has 7 nitrogen and oxygen atoms in total. The van der Waals surface area contributed by atoms with Crippen LogP contribution in [0.3, 0.4) is 0 Å². The van der Waals surface area contributed by atoms with Gasteiger partial charge in [-0.1, -0.05) is 25.5 Å². The minimum atomic E-state index is -3.64. The normalized spacial score (nSPS) is 22.3. The van der Waals surface area contributed by atoms with Crippen LogP contribution in [-0.4, -0.2) is 66.4 Å². The minimum Gasteiger partial charge on any atom is -0.492 e. The quantitative estimate of drug-likeness (QED) is 0.757. The van der Waals surface area contributed by atoms with Gasteiger partial charge in [0.05, 0.1) is 6.20 Å². The van der Waals surface area contributed by atoms with Gasteiger partial charge in [0.25, 0.3) is 10.0 Å². The summed E-state index contributed by atoms with van der Waals surface area (Å²) in [6.07, 6.45) is 10.0. The topological polar surface area (TPSA) is 78.5 Å². The molecular formula is C24H36N4O3S. The van der Waals surface area contributed by atoms with E-state index in [1.807, 2.05) is 19.1 Å². The van der Waals surface area contributed by atoms with E-state index in [-0.39, 0.29) is 5.03 Å². The summed E-state index contributed by atoms with van der Waals surface area (Å²) < 4.78 is 34.1. The predicted octanol–water partition coefficient (Wildman–Crippen LogP) is 3.62. The third-order valence-corrected chi connectivity index (χ3v) is 8.49. The lowest BCUT2D eigenvalue weighted by atomic mass is 9.95. The molecule has 8 heteroatoms. The standard InChI is InChI=1S/C24H36N4O3S/c1-2-23-25-19-24(26-23)32(29,30)28-15-6-5-14-27-13-4-3-9-21(27)12-11-20-8-7-10-22(18-20)31-17-16-28/h7-8,10,18-19,21H,2-6,9,11-17H2,1H3,(H,25,26). The number of ether oxygens (including phenoxy) is 1. The number of piperidine rings is 1. The molecule has 2 aliphatic rings. The summed E-state index contributed by atoms with van der Waals surface area (Å²) in [5, 5.41) is 0.172. The Hall–Kier alpha value is -1.90. The van der Waals surface area contributed by atoms with Crippen LogP contribution in [0.2, 0.25) is 0 Å². The highest BCUT2D eigenvalue weighted by Gasteiger charge is 2.27. The molecule has 0 radical (unpaired) electrons. The highest BCUT2D eigenvalue weighted by molar-refractivity contribution is 7.89. The molecule has 2 aromatic rings. The zero-order valence-electron chi connectivity index (χ0n) is 19.1. The summed E-state index contributed by atoms with van der Waals surface area (Å²) in [7, 11) is -3.64. The summed E-state index contributed by atoms with van der Waals surface area (Å²) in [6.45, 7) is 5.29. The molecule has 1 aromatic heterocycles. The smallest absolute Gasteiger partial charge is 0.260 e. The number of H-pyrrole nitrogens is 1. The lowest BCUT2D eigenvalue weighted by molar-refractivity contribution is 0.137. The summed E-state index contributed by atoms with van der Waals surface area (Å²) in [5.41, 5.74) is 1.29. The van der Waals surface area contributed by atoms with E-state index >= 15 is 0 Å². The Labute approximate surface area is 192 Å². The molecule has 4 rings (SSSR count). The van der Waals surface area contributed by atoms with Crippen LogP contribution in [0.1, 0.15) is 56.8 Å². The summed E-state index contributed by atoms with van der Waals surface area (Å²) in [5.74, 6) is 1.50. The van der Waals surface area contributed by atoms with Gasteiger partial charge in [0.1, 0.15) is 18.2 Å². The second-order valence-electron chi connectivity index (χ2n) is 8.88. The van der Waals surface area contributed by atoms with Crippen LogP contribution in [0.25, 0.3) is 0 Å². The Balaban J connectivity index is 1.52. The molecular weight excluding hydrogens is 424 g/mol. The first kappa shape index (κ1) is 23.3. The number of fused-ring (bicyclic) bond motifs is 3. The number of aromatic nitrogens is 2. The number of sulfonamides is 1. The molecule has 2 aliphatic heterocycles. The van der Waals surface area contributed by atoms with Crippen LogP contribution in [-0.2, 0) is 22.9 Å². The van der Waals surface area contributed by atoms with E-state index in [1.54, 1.807) is 4.31 Å². The van der Waals surface area contributed by atoms with Gasteiger partial charge >= 0.3 is 0 Å². The summed E-state index contributed by atoms with van der Waals surface area (Å²) in [6, 6.07) is 8.88. The van der Waals surface area contributed by atoms with Gasteiger partial charge in [-0.25, -0.2) is 13.4 Å². The maximum absolute atomic E-state index is 13.3. The van der Waals surface area contributed by atoms with Crippen LogP contribution < -0.4 is 4.74 Å². The van der Waals surface area contributed by atoms with Gasteiger partial charge in [-0.3, -0.25) is 0 Å². The minimum absolute atomic E-state index is 0.172. The number of hydrogen-bond acceptors (Lipinski definition) is 5. The molecule has 1 atom stereocenters. The number of nitrogens with one attached hydrogen (secondary N) is 1. The van der Waals surface area contributed by atoms with E-state index in [4.69, 9.17) is 4.74 Å².